The number of para-hydroxylation sites is 1. The molecule has 17 heavy (non-hydrogen) atoms. The van der Waals surface area contributed by atoms with Gasteiger partial charge in [0, 0.05) is 22.7 Å². The Morgan fingerprint density at radius 2 is 1.71 bits per heavy atom. The quantitative estimate of drug-likeness (QED) is 0.632. The van der Waals surface area contributed by atoms with Crippen LogP contribution in [0.1, 0.15) is 0 Å². The fourth-order valence-corrected chi connectivity index (χ4v) is 1.91. The SMILES string of the molecule is Fc1ccccc1-c1cccc2cncnc12. The molecule has 0 radical (unpaired) electrons. The zero-order valence-corrected chi connectivity index (χ0v) is 8.97. The van der Waals surface area contributed by atoms with Crippen molar-refractivity contribution in [3.8, 4) is 11.1 Å². The van der Waals surface area contributed by atoms with Crippen molar-refractivity contribution in [2.45, 2.75) is 0 Å². The summed E-state index contributed by atoms with van der Waals surface area (Å²) in [4.78, 5) is 8.19. The van der Waals surface area contributed by atoms with Gasteiger partial charge in [-0.3, -0.25) is 0 Å². The number of hydrogen-bond acceptors (Lipinski definition) is 2. The molecule has 0 N–H and O–H groups in total. The van der Waals surface area contributed by atoms with E-state index in [0.29, 0.717) is 5.56 Å². The maximum absolute atomic E-state index is 13.8. The van der Waals surface area contributed by atoms with Crippen molar-refractivity contribution in [3.05, 3.63) is 60.8 Å². The molecule has 2 nitrogen and oxygen atoms in total. The summed E-state index contributed by atoms with van der Waals surface area (Å²) in [5, 5.41) is 0.910. The molecule has 3 heteroatoms. The second-order valence-electron chi connectivity index (χ2n) is 3.75. The van der Waals surface area contributed by atoms with Crippen LogP contribution in [0.3, 0.4) is 0 Å². The lowest BCUT2D eigenvalue weighted by molar-refractivity contribution is 0.631. The van der Waals surface area contributed by atoms with Gasteiger partial charge in [-0.05, 0) is 6.07 Å². The second-order valence-corrected chi connectivity index (χ2v) is 3.75. The van der Waals surface area contributed by atoms with Crippen LogP contribution < -0.4 is 0 Å². The lowest BCUT2D eigenvalue weighted by Crippen LogP contribution is -1.88. The van der Waals surface area contributed by atoms with Crippen molar-refractivity contribution in [2.75, 3.05) is 0 Å². The highest BCUT2D eigenvalue weighted by Gasteiger charge is 2.08. The topological polar surface area (TPSA) is 25.8 Å². The summed E-state index contributed by atoms with van der Waals surface area (Å²) in [7, 11) is 0. The number of fused-ring (bicyclic) bond motifs is 1. The lowest BCUT2D eigenvalue weighted by atomic mass is 10.0. The van der Waals surface area contributed by atoms with Crippen LogP contribution in [0.15, 0.2) is 55.0 Å². The molecule has 3 aromatic rings. The van der Waals surface area contributed by atoms with Crippen LogP contribution in [0, 0.1) is 5.82 Å². The zero-order chi connectivity index (χ0) is 11.7. The van der Waals surface area contributed by atoms with Crippen molar-refractivity contribution in [1.29, 1.82) is 0 Å². The molecule has 3 rings (SSSR count). The third kappa shape index (κ3) is 1.65. The van der Waals surface area contributed by atoms with Crippen molar-refractivity contribution in [1.82, 2.24) is 9.97 Å². The lowest BCUT2D eigenvalue weighted by Gasteiger charge is -2.06. The smallest absolute Gasteiger partial charge is 0.131 e. The van der Waals surface area contributed by atoms with Crippen LogP contribution >= 0.6 is 0 Å². The largest absolute Gasteiger partial charge is 0.244 e. The first-order valence-corrected chi connectivity index (χ1v) is 5.30. The summed E-state index contributed by atoms with van der Waals surface area (Å²) in [5.41, 5.74) is 2.13. The van der Waals surface area contributed by atoms with Crippen LogP contribution in [0.4, 0.5) is 4.39 Å². The molecule has 2 aromatic carbocycles. The standard InChI is InChI=1S/C14H9FN2/c15-13-7-2-1-5-11(13)12-6-3-4-10-8-16-9-17-14(10)12/h1-9H. The number of aromatic nitrogens is 2. The highest BCUT2D eigenvalue weighted by molar-refractivity contribution is 5.93. The Morgan fingerprint density at radius 3 is 2.59 bits per heavy atom. The van der Waals surface area contributed by atoms with E-state index in [1.807, 2.05) is 24.3 Å². The fraction of sp³-hybridized carbons (Fsp3) is 0. The normalized spacial score (nSPS) is 10.6. The molecular formula is C14H9FN2. The van der Waals surface area contributed by atoms with E-state index in [4.69, 9.17) is 0 Å². The van der Waals surface area contributed by atoms with Gasteiger partial charge in [0.1, 0.15) is 12.1 Å². The minimum absolute atomic E-state index is 0.237. The van der Waals surface area contributed by atoms with Crippen molar-refractivity contribution >= 4 is 10.9 Å². The third-order valence-electron chi connectivity index (χ3n) is 2.70. The van der Waals surface area contributed by atoms with E-state index < -0.39 is 0 Å². The molecule has 0 aliphatic heterocycles. The Hall–Kier alpha value is -2.29. The average molecular weight is 224 g/mol. The van der Waals surface area contributed by atoms with E-state index in [0.717, 1.165) is 16.5 Å². The minimum Gasteiger partial charge on any atom is -0.244 e. The van der Waals surface area contributed by atoms with Crippen LogP contribution in [0.2, 0.25) is 0 Å². The number of halogens is 1. The molecule has 0 saturated carbocycles. The van der Waals surface area contributed by atoms with Crippen LogP contribution in [-0.4, -0.2) is 9.97 Å². The molecule has 0 aliphatic carbocycles. The Morgan fingerprint density at radius 1 is 0.882 bits per heavy atom. The van der Waals surface area contributed by atoms with E-state index in [1.54, 1.807) is 18.3 Å². The Balaban J connectivity index is 2.35. The number of nitrogens with zero attached hydrogens (tertiary/aromatic N) is 2. The molecule has 1 aromatic heterocycles. The Bertz CT molecular complexity index is 674. The van der Waals surface area contributed by atoms with Gasteiger partial charge >= 0.3 is 0 Å². The summed E-state index contributed by atoms with van der Waals surface area (Å²) in [6.45, 7) is 0. The third-order valence-corrected chi connectivity index (χ3v) is 2.70. The zero-order valence-electron chi connectivity index (χ0n) is 8.97. The molecule has 0 bridgehead atoms. The van der Waals surface area contributed by atoms with Gasteiger partial charge in [-0.1, -0.05) is 36.4 Å². The molecule has 0 saturated heterocycles. The van der Waals surface area contributed by atoms with Gasteiger partial charge < -0.3 is 0 Å². The first-order valence-electron chi connectivity index (χ1n) is 5.30. The molecule has 0 aliphatic rings. The summed E-state index contributed by atoms with van der Waals surface area (Å²) in [5.74, 6) is -0.237. The molecule has 0 spiro atoms. The number of rotatable bonds is 1. The second kappa shape index (κ2) is 3.94. The maximum atomic E-state index is 13.8. The predicted molar refractivity (Wildman–Crippen MR) is 64.9 cm³/mol. The molecule has 0 amide bonds. The Kier molecular flexibility index (Phi) is 2.29. The van der Waals surface area contributed by atoms with Gasteiger partial charge in [0.05, 0.1) is 5.52 Å². The van der Waals surface area contributed by atoms with E-state index in [9.17, 15) is 4.39 Å². The van der Waals surface area contributed by atoms with Crippen LogP contribution in [0.25, 0.3) is 22.0 Å². The van der Waals surface area contributed by atoms with E-state index in [-0.39, 0.29) is 5.82 Å². The van der Waals surface area contributed by atoms with E-state index in [1.165, 1.54) is 12.4 Å². The highest BCUT2D eigenvalue weighted by atomic mass is 19.1. The van der Waals surface area contributed by atoms with E-state index >= 15 is 0 Å². The molecule has 0 fully saturated rings. The molecule has 0 unspecified atom stereocenters. The Labute approximate surface area is 97.8 Å². The van der Waals surface area contributed by atoms with Gasteiger partial charge in [-0.2, -0.15) is 0 Å². The first kappa shape index (κ1) is 9.90. The van der Waals surface area contributed by atoms with Crippen molar-refractivity contribution in [3.63, 3.8) is 0 Å². The highest BCUT2D eigenvalue weighted by Crippen LogP contribution is 2.28. The summed E-state index contributed by atoms with van der Waals surface area (Å²) in [6.07, 6.45) is 3.21. The molecular weight excluding hydrogens is 215 g/mol. The molecule has 1 heterocycles. The van der Waals surface area contributed by atoms with Crippen LogP contribution in [0.5, 0.6) is 0 Å². The van der Waals surface area contributed by atoms with Gasteiger partial charge in [-0.25, -0.2) is 14.4 Å². The van der Waals surface area contributed by atoms with Crippen molar-refractivity contribution in [2.24, 2.45) is 0 Å². The van der Waals surface area contributed by atoms with Gasteiger partial charge in [0.2, 0.25) is 0 Å². The fourth-order valence-electron chi connectivity index (χ4n) is 1.91. The minimum atomic E-state index is -0.237. The predicted octanol–water partition coefficient (Wildman–Crippen LogP) is 3.44. The van der Waals surface area contributed by atoms with Gasteiger partial charge in [0.25, 0.3) is 0 Å². The summed E-state index contributed by atoms with van der Waals surface area (Å²) >= 11 is 0. The number of hydrogen-bond donors (Lipinski definition) is 0. The van der Waals surface area contributed by atoms with Gasteiger partial charge in [-0.15, -0.1) is 0 Å². The van der Waals surface area contributed by atoms with E-state index in [2.05, 4.69) is 9.97 Å². The first-order chi connectivity index (χ1) is 8.36. The van der Waals surface area contributed by atoms with Gasteiger partial charge in [0.15, 0.2) is 0 Å². The number of benzene rings is 2. The summed E-state index contributed by atoms with van der Waals surface area (Å²) in [6, 6.07) is 12.4. The van der Waals surface area contributed by atoms with Crippen molar-refractivity contribution < 1.29 is 4.39 Å². The maximum Gasteiger partial charge on any atom is 0.131 e. The summed E-state index contributed by atoms with van der Waals surface area (Å²) < 4.78 is 13.8. The molecule has 82 valence electrons. The monoisotopic (exact) mass is 224 g/mol. The average Bonchev–Trinajstić information content (AvgIpc) is 2.39. The molecule has 0 atom stereocenters. The van der Waals surface area contributed by atoms with Crippen LogP contribution in [-0.2, 0) is 0 Å².